The molecular formula is C28H27N2O2+. The van der Waals surface area contributed by atoms with Crippen molar-refractivity contribution >= 4 is 5.97 Å². The summed E-state index contributed by atoms with van der Waals surface area (Å²) in [6.45, 7) is 4.21. The number of carbonyl (C=O) groups is 1. The third-order valence-corrected chi connectivity index (χ3v) is 5.35. The van der Waals surface area contributed by atoms with Crippen LogP contribution in [-0.4, -0.2) is 12.6 Å². The maximum atomic E-state index is 13.1. The van der Waals surface area contributed by atoms with Crippen molar-refractivity contribution in [3.63, 3.8) is 0 Å². The van der Waals surface area contributed by atoms with Gasteiger partial charge in [-0.3, -0.25) is 0 Å². The molecule has 1 heterocycles. The Bertz CT molecular complexity index is 1180. The third kappa shape index (κ3) is 4.70. The van der Waals surface area contributed by atoms with Crippen LogP contribution in [-0.2, 0) is 4.74 Å². The number of nitrogens with zero attached hydrogens (tertiary/aromatic N) is 1. The number of hydrogen-bond donors (Lipinski definition) is 1. The van der Waals surface area contributed by atoms with Crippen LogP contribution < -0.4 is 10.1 Å². The van der Waals surface area contributed by atoms with Crippen molar-refractivity contribution in [3.8, 4) is 22.4 Å². The zero-order valence-corrected chi connectivity index (χ0v) is 18.4. The Kier molecular flexibility index (Phi) is 6.61. The molecule has 0 aliphatic carbocycles. The Hall–Kier alpha value is -3.92. The summed E-state index contributed by atoms with van der Waals surface area (Å²) in [6.07, 6.45) is 0. The van der Waals surface area contributed by atoms with E-state index in [2.05, 4.69) is 30.5 Å². The lowest BCUT2D eigenvalue weighted by Crippen LogP contribution is -2.53. The number of aromatic nitrogens is 1. The van der Waals surface area contributed by atoms with Crippen LogP contribution in [0, 0.1) is 0 Å². The maximum absolute atomic E-state index is 13.1. The normalized spacial score (nSPS) is 11.6. The van der Waals surface area contributed by atoms with Gasteiger partial charge in [0.1, 0.15) is 6.04 Å². The fraction of sp³-hybridized carbons (Fsp3) is 0.143. The van der Waals surface area contributed by atoms with Gasteiger partial charge in [0.15, 0.2) is 0 Å². The van der Waals surface area contributed by atoms with Gasteiger partial charge in [-0.2, -0.15) is 5.43 Å². The largest absolute Gasteiger partial charge is 0.458 e. The lowest BCUT2D eigenvalue weighted by molar-refractivity contribution is -0.645. The van der Waals surface area contributed by atoms with E-state index in [0.717, 1.165) is 27.9 Å². The summed E-state index contributed by atoms with van der Waals surface area (Å²) in [4.78, 5) is 13.1. The van der Waals surface area contributed by atoms with Gasteiger partial charge in [-0.25, -0.2) is 4.79 Å². The van der Waals surface area contributed by atoms with Crippen LogP contribution in [0.25, 0.3) is 22.4 Å². The van der Waals surface area contributed by atoms with E-state index in [1.807, 2.05) is 96.5 Å². The molecule has 160 valence electrons. The highest BCUT2D eigenvalue weighted by atomic mass is 16.5. The zero-order chi connectivity index (χ0) is 22.3. The second-order valence-electron chi connectivity index (χ2n) is 7.56. The number of pyridine rings is 1. The number of hydrogen-bond acceptors (Lipinski definition) is 3. The number of rotatable bonds is 7. The van der Waals surface area contributed by atoms with Crippen molar-refractivity contribution < 1.29 is 14.2 Å². The Labute approximate surface area is 189 Å². The number of esters is 1. The van der Waals surface area contributed by atoms with E-state index >= 15 is 0 Å². The molecular weight excluding hydrogens is 396 g/mol. The van der Waals surface area contributed by atoms with Crippen LogP contribution in [0.5, 0.6) is 0 Å². The molecule has 0 spiro atoms. The quantitative estimate of drug-likeness (QED) is 0.302. The van der Waals surface area contributed by atoms with E-state index in [1.54, 1.807) is 0 Å². The molecule has 4 aromatic rings. The molecule has 0 fully saturated rings. The predicted octanol–water partition coefficient (Wildman–Crippen LogP) is 5.79. The van der Waals surface area contributed by atoms with Crippen LogP contribution in [0.1, 0.15) is 35.9 Å². The smallest absolute Gasteiger partial charge is 0.406 e. The molecule has 0 bridgehead atoms. The molecule has 0 saturated heterocycles. The molecule has 0 aliphatic heterocycles. The Morgan fingerprint density at radius 2 is 1.38 bits per heavy atom. The average Bonchev–Trinajstić information content (AvgIpc) is 2.85. The topological polar surface area (TPSA) is 42.2 Å². The van der Waals surface area contributed by atoms with Crippen molar-refractivity contribution in [2.75, 3.05) is 12.0 Å². The minimum Gasteiger partial charge on any atom is -0.458 e. The van der Waals surface area contributed by atoms with E-state index in [-0.39, 0.29) is 12.0 Å². The number of benzene rings is 3. The monoisotopic (exact) mass is 423 g/mol. The van der Waals surface area contributed by atoms with E-state index < -0.39 is 0 Å². The van der Waals surface area contributed by atoms with Crippen molar-refractivity contribution in [3.05, 3.63) is 114 Å². The van der Waals surface area contributed by atoms with Gasteiger partial charge >= 0.3 is 11.7 Å². The highest BCUT2D eigenvalue weighted by molar-refractivity contribution is 5.88. The molecule has 3 aromatic carbocycles. The highest BCUT2D eigenvalue weighted by Crippen LogP contribution is 2.26. The molecule has 1 aromatic heterocycles. The van der Waals surface area contributed by atoms with Gasteiger partial charge in [0, 0.05) is 17.7 Å². The minimum atomic E-state index is -0.366. The van der Waals surface area contributed by atoms with Crippen molar-refractivity contribution in [2.24, 2.45) is 0 Å². The van der Waals surface area contributed by atoms with Gasteiger partial charge in [-0.1, -0.05) is 83.5 Å². The summed E-state index contributed by atoms with van der Waals surface area (Å²) in [5.41, 5.74) is 8.99. The summed E-state index contributed by atoms with van der Waals surface area (Å²) in [6, 6.07) is 34.3. The molecule has 0 saturated carbocycles. The SMILES string of the molecule is CCOC(=O)c1cc(-c2ccccc2)cc(-c2ccccc2)[n+]1NC(C)c1ccccc1. The first kappa shape index (κ1) is 21.3. The van der Waals surface area contributed by atoms with Crippen LogP contribution in [0.3, 0.4) is 0 Å². The maximum Gasteiger partial charge on any atom is 0.406 e. The van der Waals surface area contributed by atoms with E-state index in [4.69, 9.17) is 4.74 Å². The number of carbonyl (C=O) groups excluding carboxylic acids is 1. The second-order valence-corrected chi connectivity index (χ2v) is 7.56. The fourth-order valence-corrected chi connectivity index (χ4v) is 3.72. The summed E-state index contributed by atoms with van der Waals surface area (Å²) in [7, 11) is 0. The Morgan fingerprint density at radius 3 is 1.97 bits per heavy atom. The fourth-order valence-electron chi connectivity index (χ4n) is 3.72. The molecule has 4 rings (SSSR count). The van der Waals surface area contributed by atoms with E-state index in [9.17, 15) is 4.79 Å². The van der Waals surface area contributed by atoms with Crippen molar-refractivity contribution in [1.29, 1.82) is 0 Å². The Balaban J connectivity index is 1.91. The Morgan fingerprint density at radius 1 is 0.812 bits per heavy atom. The average molecular weight is 424 g/mol. The lowest BCUT2D eigenvalue weighted by atomic mass is 10.0. The molecule has 1 atom stereocenters. The zero-order valence-electron chi connectivity index (χ0n) is 18.4. The van der Waals surface area contributed by atoms with Gasteiger partial charge in [-0.15, -0.1) is 0 Å². The van der Waals surface area contributed by atoms with Gasteiger partial charge in [-0.05, 0) is 42.7 Å². The predicted molar refractivity (Wildman–Crippen MR) is 128 cm³/mol. The second kappa shape index (κ2) is 9.92. The van der Waals surface area contributed by atoms with Crippen molar-refractivity contribution in [1.82, 2.24) is 0 Å². The molecule has 1 N–H and O–H groups in total. The summed E-state index contributed by atoms with van der Waals surface area (Å²) in [5.74, 6) is -0.366. The number of nitrogens with one attached hydrogen (secondary N) is 1. The van der Waals surface area contributed by atoms with Gasteiger partial charge in [0.2, 0.25) is 5.69 Å². The molecule has 0 amide bonds. The van der Waals surface area contributed by atoms with Crippen LogP contribution in [0.4, 0.5) is 0 Å². The van der Waals surface area contributed by atoms with Crippen LogP contribution in [0.2, 0.25) is 0 Å². The summed E-state index contributed by atoms with van der Waals surface area (Å²) < 4.78 is 7.30. The van der Waals surface area contributed by atoms with Crippen LogP contribution in [0.15, 0.2) is 103 Å². The van der Waals surface area contributed by atoms with E-state index in [1.165, 1.54) is 0 Å². The summed E-state index contributed by atoms with van der Waals surface area (Å²) >= 11 is 0. The summed E-state index contributed by atoms with van der Waals surface area (Å²) in [5, 5.41) is 0. The molecule has 4 heteroatoms. The van der Waals surface area contributed by atoms with Gasteiger partial charge in [0.05, 0.1) is 6.61 Å². The highest BCUT2D eigenvalue weighted by Gasteiger charge is 2.29. The molecule has 1 unspecified atom stereocenters. The van der Waals surface area contributed by atoms with Gasteiger partial charge < -0.3 is 4.74 Å². The van der Waals surface area contributed by atoms with Crippen molar-refractivity contribution in [2.45, 2.75) is 19.9 Å². The van der Waals surface area contributed by atoms with Crippen LogP contribution >= 0.6 is 0 Å². The van der Waals surface area contributed by atoms with Gasteiger partial charge in [0.25, 0.3) is 0 Å². The molecule has 0 radical (unpaired) electrons. The lowest BCUT2D eigenvalue weighted by Gasteiger charge is -2.16. The first-order valence-corrected chi connectivity index (χ1v) is 10.9. The first-order chi connectivity index (χ1) is 15.7. The number of ether oxygens (including phenoxy) is 1. The van der Waals surface area contributed by atoms with E-state index in [0.29, 0.717) is 12.3 Å². The standard InChI is InChI=1S/C28H26N2O2/c1-3-32-28(31)27-20-25(23-15-9-5-10-16-23)19-26(24-17-11-6-12-18-24)30(27)29-21(2)22-13-7-4-8-14-22/h4-21H,3H2,1-2H3/p+1. The third-order valence-electron chi connectivity index (χ3n) is 5.35. The first-order valence-electron chi connectivity index (χ1n) is 10.9. The molecule has 32 heavy (non-hydrogen) atoms. The molecule has 0 aliphatic rings. The minimum absolute atomic E-state index is 0.0283. The molecule has 4 nitrogen and oxygen atoms in total.